The summed E-state index contributed by atoms with van der Waals surface area (Å²) in [4.78, 5) is 0. The van der Waals surface area contributed by atoms with Crippen LogP contribution in [0.15, 0.2) is 42.5 Å². The largest absolute Gasteiger partial charge is 0.494 e. The minimum Gasteiger partial charge on any atom is -0.494 e. The van der Waals surface area contributed by atoms with Gasteiger partial charge in [0.1, 0.15) is 11.6 Å². The SMILES string of the molecule is CCOc1cccc(-c2cc(C(C)NC)ccc2F)c1. The van der Waals surface area contributed by atoms with Crippen molar-refractivity contribution in [1.29, 1.82) is 0 Å². The summed E-state index contributed by atoms with van der Waals surface area (Å²) in [6, 6.07) is 12.9. The molecule has 0 bridgehead atoms. The molecule has 0 amide bonds. The smallest absolute Gasteiger partial charge is 0.131 e. The average molecular weight is 273 g/mol. The van der Waals surface area contributed by atoms with E-state index in [0.717, 1.165) is 16.9 Å². The third kappa shape index (κ3) is 3.17. The predicted molar refractivity (Wildman–Crippen MR) is 80.5 cm³/mol. The molecule has 1 N–H and O–H groups in total. The van der Waals surface area contributed by atoms with E-state index in [4.69, 9.17) is 4.74 Å². The molecular weight excluding hydrogens is 253 g/mol. The summed E-state index contributed by atoms with van der Waals surface area (Å²) < 4.78 is 19.6. The van der Waals surface area contributed by atoms with Crippen LogP contribution in [-0.4, -0.2) is 13.7 Å². The zero-order valence-corrected chi connectivity index (χ0v) is 12.1. The standard InChI is InChI=1S/C17H20FNO/c1-4-20-15-7-5-6-14(10-15)16-11-13(12(2)19-3)8-9-17(16)18/h5-12,19H,4H2,1-3H3. The van der Waals surface area contributed by atoms with E-state index in [2.05, 4.69) is 5.32 Å². The first-order valence-electron chi connectivity index (χ1n) is 6.85. The van der Waals surface area contributed by atoms with E-state index < -0.39 is 0 Å². The maximum atomic E-state index is 14.1. The van der Waals surface area contributed by atoms with E-state index in [1.165, 1.54) is 6.07 Å². The second-order valence-corrected chi connectivity index (χ2v) is 4.71. The fourth-order valence-electron chi connectivity index (χ4n) is 2.12. The summed E-state index contributed by atoms with van der Waals surface area (Å²) in [6.45, 7) is 4.58. The predicted octanol–water partition coefficient (Wildman–Crippen LogP) is 4.17. The molecule has 1 atom stereocenters. The molecule has 0 heterocycles. The minimum atomic E-state index is -0.217. The first-order chi connectivity index (χ1) is 9.65. The molecule has 2 nitrogen and oxygen atoms in total. The van der Waals surface area contributed by atoms with Crippen LogP contribution in [0.25, 0.3) is 11.1 Å². The number of halogens is 1. The first kappa shape index (κ1) is 14.5. The van der Waals surface area contributed by atoms with Gasteiger partial charge in [-0.3, -0.25) is 0 Å². The highest BCUT2D eigenvalue weighted by Crippen LogP contribution is 2.28. The molecule has 0 fully saturated rings. The Bertz CT molecular complexity index is 583. The molecule has 20 heavy (non-hydrogen) atoms. The van der Waals surface area contributed by atoms with Crippen LogP contribution in [-0.2, 0) is 0 Å². The lowest BCUT2D eigenvalue weighted by atomic mass is 9.99. The molecule has 0 aliphatic heterocycles. The van der Waals surface area contributed by atoms with Gasteiger partial charge in [0.25, 0.3) is 0 Å². The summed E-state index contributed by atoms with van der Waals surface area (Å²) in [7, 11) is 1.89. The topological polar surface area (TPSA) is 21.3 Å². The van der Waals surface area contributed by atoms with Gasteiger partial charge in [0, 0.05) is 11.6 Å². The van der Waals surface area contributed by atoms with Crippen LogP contribution in [0.5, 0.6) is 5.75 Å². The number of hydrogen-bond donors (Lipinski definition) is 1. The van der Waals surface area contributed by atoms with E-state index in [1.807, 2.05) is 57.3 Å². The van der Waals surface area contributed by atoms with Gasteiger partial charge < -0.3 is 10.1 Å². The molecule has 0 saturated carbocycles. The van der Waals surface area contributed by atoms with Crippen molar-refractivity contribution in [3.63, 3.8) is 0 Å². The molecule has 0 spiro atoms. The fourth-order valence-corrected chi connectivity index (χ4v) is 2.12. The molecule has 2 rings (SSSR count). The Kier molecular flexibility index (Phi) is 4.74. The van der Waals surface area contributed by atoms with Gasteiger partial charge in [0.05, 0.1) is 6.61 Å². The number of benzene rings is 2. The highest BCUT2D eigenvalue weighted by Gasteiger charge is 2.10. The normalized spacial score (nSPS) is 12.2. The van der Waals surface area contributed by atoms with Gasteiger partial charge in [-0.15, -0.1) is 0 Å². The molecule has 1 unspecified atom stereocenters. The molecule has 0 aliphatic carbocycles. The van der Waals surface area contributed by atoms with Gasteiger partial charge in [0.2, 0.25) is 0 Å². The summed E-state index contributed by atoms with van der Waals surface area (Å²) in [5.74, 6) is 0.544. The van der Waals surface area contributed by atoms with Crippen molar-refractivity contribution in [2.75, 3.05) is 13.7 Å². The van der Waals surface area contributed by atoms with Crippen LogP contribution in [0, 0.1) is 5.82 Å². The molecule has 3 heteroatoms. The van der Waals surface area contributed by atoms with Crippen LogP contribution in [0.2, 0.25) is 0 Å². The Morgan fingerprint density at radius 2 is 2.00 bits per heavy atom. The van der Waals surface area contributed by atoms with Gasteiger partial charge in [-0.2, -0.15) is 0 Å². The van der Waals surface area contributed by atoms with Crippen molar-refractivity contribution in [3.05, 3.63) is 53.8 Å². The van der Waals surface area contributed by atoms with Gasteiger partial charge in [-0.1, -0.05) is 18.2 Å². The van der Waals surface area contributed by atoms with Crippen molar-refractivity contribution in [2.45, 2.75) is 19.9 Å². The fraction of sp³-hybridized carbons (Fsp3) is 0.294. The van der Waals surface area contributed by atoms with Crippen molar-refractivity contribution in [1.82, 2.24) is 5.32 Å². The van der Waals surface area contributed by atoms with Crippen molar-refractivity contribution >= 4 is 0 Å². The number of ether oxygens (including phenoxy) is 1. The minimum absolute atomic E-state index is 0.185. The number of rotatable bonds is 5. The second kappa shape index (κ2) is 6.53. The number of hydrogen-bond acceptors (Lipinski definition) is 2. The second-order valence-electron chi connectivity index (χ2n) is 4.71. The Hall–Kier alpha value is -1.87. The zero-order valence-electron chi connectivity index (χ0n) is 12.1. The Labute approximate surface area is 119 Å². The molecule has 0 aromatic heterocycles. The van der Waals surface area contributed by atoms with Gasteiger partial charge in [-0.05, 0) is 56.3 Å². The van der Waals surface area contributed by atoms with Gasteiger partial charge >= 0.3 is 0 Å². The van der Waals surface area contributed by atoms with E-state index in [0.29, 0.717) is 12.2 Å². The van der Waals surface area contributed by atoms with Crippen molar-refractivity contribution in [2.24, 2.45) is 0 Å². The van der Waals surface area contributed by atoms with Crippen molar-refractivity contribution < 1.29 is 9.13 Å². The highest BCUT2D eigenvalue weighted by atomic mass is 19.1. The van der Waals surface area contributed by atoms with Crippen LogP contribution < -0.4 is 10.1 Å². The van der Waals surface area contributed by atoms with E-state index in [1.54, 1.807) is 0 Å². The summed E-state index contributed by atoms with van der Waals surface area (Å²) in [5.41, 5.74) is 2.50. The quantitative estimate of drug-likeness (QED) is 0.882. The molecule has 0 radical (unpaired) electrons. The summed E-state index contributed by atoms with van der Waals surface area (Å²) >= 11 is 0. The van der Waals surface area contributed by atoms with Gasteiger partial charge in [0.15, 0.2) is 0 Å². The zero-order chi connectivity index (χ0) is 14.5. The lowest BCUT2D eigenvalue weighted by Gasteiger charge is -2.13. The third-order valence-corrected chi connectivity index (χ3v) is 3.38. The lowest BCUT2D eigenvalue weighted by molar-refractivity contribution is 0.340. The molecular formula is C17H20FNO. The average Bonchev–Trinajstić information content (AvgIpc) is 2.47. The van der Waals surface area contributed by atoms with Gasteiger partial charge in [-0.25, -0.2) is 4.39 Å². The third-order valence-electron chi connectivity index (χ3n) is 3.38. The van der Waals surface area contributed by atoms with Crippen LogP contribution >= 0.6 is 0 Å². The van der Waals surface area contributed by atoms with Crippen LogP contribution in [0.1, 0.15) is 25.5 Å². The molecule has 0 saturated heterocycles. The number of nitrogens with one attached hydrogen (secondary N) is 1. The van der Waals surface area contributed by atoms with Crippen LogP contribution in [0.3, 0.4) is 0 Å². The maximum absolute atomic E-state index is 14.1. The van der Waals surface area contributed by atoms with E-state index in [9.17, 15) is 4.39 Å². The first-order valence-corrected chi connectivity index (χ1v) is 6.85. The molecule has 2 aromatic carbocycles. The molecule has 2 aromatic rings. The summed E-state index contributed by atoms with van der Waals surface area (Å²) in [6.07, 6.45) is 0. The van der Waals surface area contributed by atoms with E-state index >= 15 is 0 Å². The summed E-state index contributed by atoms with van der Waals surface area (Å²) in [5, 5.41) is 3.16. The maximum Gasteiger partial charge on any atom is 0.131 e. The van der Waals surface area contributed by atoms with E-state index in [-0.39, 0.29) is 11.9 Å². The lowest BCUT2D eigenvalue weighted by Crippen LogP contribution is -2.12. The molecule has 106 valence electrons. The Balaban J connectivity index is 2.43. The Morgan fingerprint density at radius 1 is 1.20 bits per heavy atom. The highest BCUT2D eigenvalue weighted by molar-refractivity contribution is 5.66. The van der Waals surface area contributed by atoms with Crippen LogP contribution in [0.4, 0.5) is 4.39 Å². The molecule has 0 aliphatic rings. The monoisotopic (exact) mass is 273 g/mol. The van der Waals surface area contributed by atoms with Crippen molar-refractivity contribution in [3.8, 4) is 16.9 Å². The Morgan fingerprint density at radius 3 is 2.70 bits per heavy atom.